The Balaban J connectivity index is 2.18. The van der Waals surface area contributed by atoms with Crippen LogP contribution in [0.25, 0.3) is 0 Å². The van der Waals surface area contributed by atoms with Gasteiger partial charge in [0, 0.05) is 11.3 Å². The molecule has 0 fully saturated rings. The molecule has 1 heterocycles. The summed E-state index contributed by atoms with van der Waals surface area (Å²) in [5.41, 5.74) is 1.84. The van der Waals surface area contributed by atoms with Gasteiger partial charge in [-0.15, -0.1) is 0 Å². The maximum Gasteiger partial charge on any atom is 0.355 e. The summed E-state index contributed by atoms with van der Waals surface area (Å²) in [4.78, 5) is 39.2. The Labute approximate surface area is 139 Å². The molecule has 2 aromatic rings. The zero-order valence-electron chi connectivity index (χ0n) is 14.0. The number of benzene rings is 1. The summed E-state index contributed by atoms with van der Waals surface area (Å²) in [6.45, 7) is 4.80. The van der Waals surface area contributed by atoms with E-state index in [1.807, 2.05) is 0 Å². The highest BCUT2D eigenvalue weighted by Gasteiger charge is 2.26. The Hall–Kier alpha value is -2.89. The van der Waals surface area contributed by atoms with Crippen LogP contribution in [0.5, 0.6) is 0 Å². The number of methoxy groups -OCH3 is 1. The SMILES string of the molecule is COC(=O)c1c(C)[nH]c(C(=O)OC(C)C(=O)c2ccccc2)c1C. The number of H-pyrrole nitrogens is 1. The van der Waals surface area contributed by atoms with Crippen LogP contribution in [0.3, 0.4) is 0 Å². The van der Waals surface area contributed by atoms with Crippen molar-refractivity contribution in [3.8, 4) is 0 Å². The van der Waals surface area contributed by atoms with E-state index >= 15 is 0 Å². The summed E-state index contributed by atoms with van der Waals surface area (Å²) < 4.78 is 9.95. The number of esters is 2. The summed E-state index contributed by atoms with van der Waals surface area (Å²) in [6, 6.07) is 8.59. The van der Waals surface area contributed by atoms with Crippen molar-refractivity contribution < 1.29 is 23.9 Å². The number of carbonyl (C=O) groups is 3. The summed E-state index contributed by atoms with van der Waals surface area (Å²) >= 11 is 0. The first-order valence-corrected chi connectivity index (χ1v) is 7.44. The van der Waals surface area contributed by atoms with Gasteiger partial charge in [0.2, 0.25) is 5.78 Å². The lowest BCUT2D eigenvalue weighted by molar-refractivity contribution is 0.0313. The fraction of sp³-hybridized carbons (Fsp3) is 0.278. The van der Waals surface area contributed by atoms with Crippen LogP contribution in [0.15, 0.2) is 30.3 Å². The summed E-state index contributed by atoms with van der Waals surface area (Å²) in [5.74, 6) is -1.52. The average molecular weight is 329 g/mol. The maximum absolute atomic E-state index is 12.3. The van der Waals surface area contributed by atoms with Gasteiger partial charge in [0.05, 0.1) is 12.7 Å². The topological polar surface area (TPSA) is 85.5 Å². The molecular formula is C18H19NO5. The summed E-state index contributed by atoms with van der Waals surface area (Å²) in [6.07, 6.45) is -0.940. The monoisotopic (exact) mass is 329 g/mol. The second-order valence-corrected chi connectivity index (χ2v) is 5.39. The lowest BCUT2D eigenvalue weighted by atomic mass is 10.1. The number of aryl methyl sites for hydroxylation is 1. The molecule has 0 bridgehead atoms. The molecule has 0 amide bonds. The molecule has 0 spiro atoms. The number of Topliss-reactive ketones (excluding diaryl/α,β-unsaturated/α-hetero) is 1. The van der Waals surface area contributed by atoms with Crippen LogP contribution in [-0.4, -0.2) is 35.9 Å². The molecule has 1 aromatic heterocycles. The van der Waals surface area contributed by atoms with E-state index in [1.54, 1.807) is 44.2 Å². The van der Waals surface area contributed by atoms with Gasteiger partial charge in [-0.1, -0.05) is 30.3 Å². The Morgan fingerprint density at radius 2 is 1.67 bits per heavy atom. The zero-order chi connectivity index (χ0) is 17.9. The smallest absolute Gasteiger partial charge is 0.355 e. The van der Waals surface area contributed by atoms with Gasteiger partial charge in [0.15, 0.2) is 6.10 Å². The van der Waals surface area contributed by atoms with E-state index in [1.165, 1.54) is 14.0 Å². The summed E-state index contributed by atoms with van der Waals surface area (Å²) in [7, 11) is 1.27. The third kappa shape index (κ3) is 3.37. The number of hydrogen-bond acceptors (Lipinski definition) is 5. The van der Waals surface area contributed by atoms with E-state index < -0.39 is 18.0 Å². The standard InChI is InChI=1S/C18H19NO5/c1-10-14(17(21)23-4)11(2)19-15(10)18(22)24-12(3)16(20)13-8-6-5-7-9-13/h5-9,12,19H,1-4H3. The molecule has 0 saturated heterocycles. The normalized spacial score (nSPS) is 11.7. The van der Waals surface area contributed by atoms with Gasteiger partial charge >= 0.3 is 11.9 Å². The van der Waals surface area contributed by atoms with Crippen LogP contribution in [-0.2, 0) is 9.47 Å². The van der Waals surface area contributed by atoms with Crippen molar-refractivity contribution in [3.05, 3.63) is 58.4 Å². The van der Waals surface area contributed by atoms with Crippen LogP contribution in [0.1, 0.15) is 49.4 Å². The molecular weight excluding hydrogens is 310 g/mol. The number of rotatable bonds is 5. The van der Waals surface area contributed by atoms with Crippen LogP contribution in [0.2, 0.25) is 0 Å². The molecule has 2 rings (SSSR count). The molecule has 126 valence electrons. The lowest BCUT2D eigenvalue weighted by Crippen LogP contribution is -2.25. The van der Waals surface area contributed by atoms with E-state index in [0.29, 0.717) is 22.4 Å². The number of carbonyl (C=O) groups excluding carboxylic acids is 3. The minimum absolute atomic E-state index is 0.139. The number of aromatic amines is 1. The molecule has 0 aliphatic carbocycles. The third-order valence-corrected chi connectivity index (χ3v) is 3.74. The fourth-order valence-electron chi connectivity index (χ4n) is 2.47. The average Bonchev–Trinajstić information content (AvgIpc) is 2.88. The second kappa shape index (κ2) is 7.12. The van der Waals surface area contributed by atoms with Crippen LogP contribution < -0.4 is 0 Å². The van der Waals surface area contributed by atoms with Gasteiger partial charge in [-0.3, -0.25) is 4.79 Å². The molecule has 0 aliphatic rings. The van der Waals surface area contributed by atoms with Crippen LogP contribution >= 0.6 is 0 Å². The first kappa shape index (κ1) is 17.5. The van der Waals surface area contributed by atoms with Gasteiger partial charge in [-0.2, -0.15) is 0 Å². The third-order valence-electron chi connectivity index (χ3n) is 3.74. The lowest BCUT2D eigenvalue weighted by Gasteiger charge is -2.12. The van der Waals surface area contributed by atoms with E-state index in [-0.39, 0.29) is 11.5 Å². The molecule has 1 atom stereocenters. The van der Waals surface area contributed by atoms with E-state index in [0.717, 1.165) is 0 Å². The number of hydrogen-bond donors (Lipinski definition) is 1. The number of ether oxygens (including phenoxy) is 2. The highest BCUT2D eigenvalue weighted by molar-refractivity contribution is 6.02. The van der Waals surface area contributed by atoms with E-state index in [9.17, 15) is 14.4 Å². The Bertz CT molecular complexity index is 776. The molecule has 6 heteroatoms. The van der Waals surface area contributed by atoms with Crippen molar-refractivity contribution in [1.82, 2.24) is 4.98 Å². The quantitative estimate of drug-likeness (QED) is 0.673. The maximum atomic E-state index is 12.3. The summed E-state index contributed by atoms with van der Waals surface area (Å²) in [5, 5.41) is 0. The van der Waals surface area contributed by atoms with Gasteiger partial charge < -0.3 is 14.5 Å². The molecule has 1 aromatic carbocycles. The Morgan fingerprint density at radius 3 is 2.25 bits per heavy atom. The highest BCUT2D eigenvalue weighted by atomic mass is 16.5. The first-order chi connectivity index (χ1) is 11.4. The van der Waals surface area contributed by atoms with Crippen molar-refractivity contribution in [3.63, 3.8) is 0 Å². The predicted octanol–water partition coefficient (Wildman–Crippen LogP) is 2.85. The molecule has 24 heavy (non-hydrogen) atoms. The van der Waals surface area contributed by atoms with Gasteiger partial charge in [-0.05, 0) is 26.3 Å². The molecule has 6 nitrogen and oxygen atoms in total. The van der Waals surface area contributed by atoms with Gasteiger partial charge in [-0.25, -0.2) is 9.59 Å². The van der Waals surface area contributed by atoms with E-state index in [2.05, 4.69) is 4.98 Å². The molecule has 0 aliphatic heterocycles. The van der Waals surface area contributed by atoms with Crippen LogP contribution in [0.4, 0.5) is 0 Å². The van der Waals surface area contributed by atoms with Gasteiger partial charge in [0.1, 0.15) is 5.69 Å². The molecule has 0 saturated carbocycles. The van der Waals surface area contributed by atoms with Gasteiger partial charge in [0.25, 0.3) is 0 Å². The van der Waals surface area contributed by atoms with Crippen molar-refractivity contribution in [2.45, 2.75) is 26.9 Å². The number of aromatic nitrogens is 1. The molecule has 0 radical (unpaired) electrons. The largest absolute Gasteiger partial charge is 0.465 e. The fourth-order valence-corrected chi connectivity index (χ4v) is 2.47. The first-order valence-electron chi connectivity index (χ1n) is 7.44. The van der Waals surface area contributed by atoms with Crippen LogP contribution in [0, 0.1) is 13.8 Å². The van der Waals surface area contributed by atoms with Crippen molar-refractivity contribution in [2.24, 2.45) is 0 Å². The van der Waals surface area contributed by atoms with Crippen molar-refractivity contribution in [1.29, 1.82) is 0 Å². The minimum atomic E-state index is -0.940. The number of ketones is 1. The Morgan fingerprint density at radius 1 is 1.04 bits per heavy atom. The molecule has 1 N–H and O–H groups in total. The second-order valence-electron chi connectivity index (χ2n) is 5.39. The van der Waals surface area contributed by atoms with E-state index in [4.69, 9.17) is 9.47 Å². The number of nitrogens with one attached hydrogen (secondary N) is 1. The van der Waals surface area contributed by atoms with Crippen molar-refractivity contribution in [2.75, 3.05) is 7.11 Å². The minimum Gasteiger partial charge on any atom is -0.465 e. The Kier molecular flexibility index (Phi) is 5.18. The highest BCUT2D eigenvalue weighted by Crippen LogP contribution is 2.20. The van der Waals surface area contributed by atoms with Crippen molar-refractivity contribution >= 4 is 17.7 Å². The predicted molar refractivity (Wildman–Crippen MR) is 87.3 cm³/mol. The molecule has 1 unspecified atom stereocenters. The zero-order valence-corrected chi connectivity index (χ0v) is 14.0.